The molecule has 0 aliphatic rings. The van der Waals surface area contributed by atoms with E-state index < -0.39 is 0 Å². The molecule has 0 saturated heterocycles. The first-order valence-electron chi connectivity index (χ1n) is 6.89. The lowest BCUT2D eigenvalue weighted by atomic mass is 10.2. The van der Waals surface area contributed by atoms with E-state index in [9.17, 15) is 0 Å². The fraction of sp³-hybridized carbons (Fsp3) is 0.400. The molecule has 4 nitrogen and oxygen atoms in total. The van der Waals surface area contributed by atoms with E-state index in [1.807, 2.05) is 37.1 Å². The Morgan fingerprint density at radius 2 is 2.14 bits per heavy atom. The molecule has 0 atom stereocenters. The molecule has 1 aromatic heterocycles. The van der Waals surface area contributed by atoms with E-state index in [0.717, 1.165) is 39.8 Å². The number of hydrogen-bond donors (Lipinski definition) is 1. The van der Waals surface area contributed by atoms with Crippen LogP contribution in [-0.4, -0.2) is 22.9 Å². The van der Waals surface area contributed by atoms with E-state index in [1.165, 1.54) is 5.56 Å². The molecule has 0 unspecified atom stereocenters. The number of hydrogen-bond acceptors (Lipinski definition) is 3. The molecule has 1 aromatic carbocycles. The second-order valence-corrected chi connectivity index (χ2v) is 6.53. The molecule has 6 heteroatoms. The van der Waals surface area contributed by atoms with E-state index in [2.05, 4.69) is 48.3 Å². The quantitative estimate of drug-likeness (QED) is 0.699. The first-order chi connectivity index (χ1) is 10.1. The van der Waals surface area contributed by atoms with Gasteiger partial charge in [-0.15, -0.1) is 0 Å². The minimum atomic E-state index is 0.656. The highest BCUT2D eigenvalue weighted by atomic mass is 79.9. The van der Waals surface area contributed by atoms with Crippen molar-refractivity contribution in [2.75, 3.05) is 13.2 Å². The summed E-state index contributed by atoms with van der Waals surface area (Å²) in [7, 11) is 1.93. The fourth-order valence-electron chi connectivity index (χ4n) is 2.11. The summed E-state index contributed by atoms with van der Waals surface area (Å²) in [5, 5.41) is 7.63. The van der Waals surface area contributed by atoms with Crippen LogP contribution in [0.25, 0.3) is 0 Å². The molecule has 1 N–H and O–H groups in total. The van der Waals surface area contributed by atoms with Gasteiger partial charge >= 0.3 is 0 Å². The zero-order chi connectivity index (χ0) is 15.2. The average molecular weight is 417 g/mol. The van der Waals surface area contributed by atoms with Crippen LogP contribution in [0.4, 0.5) is 0 Å². The Kier molecular flexibility index (Phi) is 6.26. The second kappa shape index (κ2) is 7.96. The molecular formula is C15H19Br2N3O. The van der Waals surface area contributed by atoms with Crippen LogP contribution >= 0.6 is 31.9 Å². The fourth-order valence-corrected chi connectivity index (χ4v) is 3.54. The van der Waals surface area contributed by atoms with E-state index in [-0.39, 0.29) is 0 Å². The Bertz CT molecular complexity index is 599. The molecule has 0 saturated carbocycles. The summed E-state index contributed by atoms with van der Waals surface area (Å²) < 4.78 is 9.57. The summed E-state index contributed by atoms with van der Waals surface area (Å²) in [5.74, 6) is 0.912. The largest absolute Gasteiger partial charge is 0.492 e. The number of nitrogens with one attached hydrogen (secondary N) is 1. The van der Waals surface area contributed by atoms with Gasteiger partial charge in [0.05, 0.1) is 17.3 Å². The van der Waals surface area contributed by atoms with Crippen molar-refractivity contribution in [1.29, 1.82) is 0 Å². The van der Waals surface area contributed by atoms with E-state index >= 15 is 0 Å². The number of aromatic nitrogens is 2. The zero-order valence-corrected chi connectivity index (χ0v) is 15.4. The maximum atomic E-state index is 5.72. The third-order valence-electron chi connectivity index (χ3n) is 3.04. The molecule has 2 rings (SSSR count). The molecule has 0 bridgehead atoms. The summed E-state index contributed by atoms with van der Waals surface area (Å²) >= 11 is 7.08. The Balaban J connectivity index is 1.92. The predicted molar refractivity (Wildman–Crippen MR) is 91.6 cm³/mol. The maximum Gasteiger partial charge on any atom is 0.138 e. The highest BCUT2D eigenvalue weighted by molar-refractivity contribution is 9.11. The first kappa shape index (κ1) is 16.5. The monoisotopic (exact) mass is 415 g/mol. The first-order valence-corrected chi connectivity index (χ1v) is 8.47. The second-order valence-electron chi connectivity index (χ2n) is 4.76. The van der Waals surface area contributed by atoms with Crippen LogP contribution in [0.5, 0.6) is 5.75 Å². The Morgan fingerprint density at radius 3 is 2.81 bits per heavy atom. The van der Waals surface area contributed by atoms with Gasteiger partial charge in [0.25, 0.3) is 0 Å². The summed E-state index contributed by atoms with van der Waals surface area (Å²) in [6.07, 6.45) is 4.92. The molecule has 0 aliphatic carbocycles. The number of nitrogens with zero attached hydrogens (tertiary/aromatic N) is 2. The molecule has 0 aliphatic heterocycles. The summed E-state index contributed by atoms with van der Waals surface area (Å²) in [4.78, 5) is 0. The normalized spacial score (nSPS) is 10.9. The van der Waals surface area contributed by atoms with Crippen LogP contribution in [0.15, 0.2) is 33.5 Å². The lowest BCUT2D eigenvalue weighted by Crippen LogP contribution is -2.17. The van der Waals surface area contributed by atoms with Gasteiger partial charge in [-0.2, -0.15) is 5.10 Å². The molecule has 0 fully saturated rings. The van der Waals surface area contributed by atoms with Crippen molar-refractivity contribution < 1.29 is 4.74 Å². The van der Waals surface area contributed by atoms with Crippen LogP contribution < -0.4 is 10.1 Å². The van der Waals surface area contributed by atoms with Crippen molar-refractivity contribution in [3.8, 4) is 5.75 Å². The molecule has 2 aromatic rings. The minimum absolute atomic E-state index is 0.656. The van der Waals surface area contributed by atoms with E-state index in [0.29, 0.717) is 6.61 Å². The van der Waals surface area contributed by atoms with Gasteiger partial charge in [0.2, 0.25) is 0 Å². The van der Waals surface area contributed by atoms with Crippen molar-refractivity contribution in [3.63, 3.8) is 0 Å². The molecule has 0 radical (unpaired) electrons. The Hall–Kier alpha value is -0.850. The van der Waals surface area contributed by atoms with Gasteiger partial charge in [0.15, 0.2) is 0 Å². The number of benzene rings is 1. The van der Waals surface area contributed by atoms with Crippen LogP contribution in [0.1, 0.15) is 18.1 Å². The number of aryl methyl sites for hydroxylation is 1. The van der Waals surface area contributed by atoms with Gasteiger partial charge in [-0.1, -0.05) is 15.9 Å². The van der Waals surface area contributed by atoms with Crippen LogP contribution in [-0.2, 0) is 20.0 Å². The molecular weight excluding hydrogens is 398 g/mol. The standard InChI is InChI=1S/C15H19Br2N3O/c1-3-21-15-12(6-13(16)7-14(15)17)9-18-5-4-11-8-19-20(2)10-11/h6-8,10,18H,3-5,9H2,1-2H3. The highest BCUT2D eigenvalue weighted by Crippen LogP contribution is 2.32. The van der Waals surface area contributed by atoms with Crippen molar-refractivity contribution in [3.05, 3.63) is 44.6 Å². The van der Waals surface area contributed by atoms with Gasteiger partial charge in [-0.25, -0.2) is 0 Å². The van der Waals surface area contributed by atoms with Gasteiger partial charge in [-0.05, 0) is 53.5 Å². The summed E-state index contributed by atoms with van der Waals surface area (Å²) in [6, 6.07) is 4.09. The number of rotatable bonds is 7. The highest BCUT2D eigenvalue weighted by Gasteiger charge is 2.09. The lowest BCUT2D eigenvalue weighted by molar-refractivity contribution is 0.333. The molecule has 21 heavy (non-hydrogen) atoms. The number of halogens is 2. The average Bonchev–Trinajstić information content (AvgIpc) is 2.84. The number of ether oxygens (including phenoxy) is 1. The molecule has 114 valence electrons. The van der Waals surface area contributed by atoms with Gasteiger partial charge in [-0.3, -0.25) is 4.68 Å². The van der Waals surface area contributed by atoms with E-state index in [1.54, 1.807) is 0 Å². The van der Waals surface area contributed by atoms with Crippen LogP contribution in [0.2, 0.25) is 0 Å². The van der Waals surface area contributed by atoms with E-state index in [4.69, 9.17) is 4.74 Å². The van der Waals surface area contributed by atoms with Crippen molar-refractivity contribution in [1.82, 2.24) is 15.1 Å². The Labute approximate surface area is 142 Å². The van der Waals surface area contributed by atoms with Gasteiger partial charge in [0.1, 0.15) is 5.75 Å². The summed E-state index contributed by atoms with van der Waals surface area (Å²) in [6.45, 7) is 4.33. The predicted octanol–water partition coefficient (Wildman–Crippen LogP) is 3.68. The van der Waals surface area contributed by atoms with Crippen molar-refractivity contribution in [2.24, 2.45) is 7.05 Å². The van der Waals surface area contributed by atoms with Crippen LogP contribution in [0.3, 0.4) is 0 Å². The third-order valence-corrected chi connectivity index (χ3v) is 4.09. The molecule has 0 amide bonds. The minimum Gasteiger partial charge on any atom is -0.492 e. The third kappa shape index (κ3) is 4.83. The lowest BCUT2D eigenvalue weighted by Gasteiger charge is -2.13. The summed E-state index contributed by atoms with van der Waals surface area (Å²) in [5.41, 5.74) is 2.38. The SMILES string of the molecule is CCOc1c(Br)cc(Br)cc1CNCCc1cnn(C)c1. The van der Waals surface area contributed by atoms with Gasteiger partial charge in [0, 0.05) is 29.8 Å². The molecule has 1 heterocycles. The smallest absolute Gasteiger partial charge is 0.138 e. The van der Waals surface area contributed by atoms with Crippen molar-refractivity contribution >= 4 is 31.9 Å². The molecule has 0 spiro atoms. The Morgan fingerprint density at radius 1 is 1.33 bits per heavy atom. The van der Waals surface area contributed by atoms with Gasteiger partial charge < -0.3 is 10.1 Å². The van der Waals surface area contributed by atoms with Crippen molar-refractivity contribution in [2.45, 2.75) is 19.9 Å². The van der Waals surface area contributed by atoms with Crippen LogP contribution in [0, 0.1) is 0 Å². The zero-order valence-electron chi connectivity index (χ0n) is 12.2. The maximum absolute atomic E-state index is 5.72. The topological polar surface area (TPSA) is 39.1 Å².